The fraction of sp³-hybridized carbons (Fsp3) is 0.286. The van der Waals surface area contributed by atoms with Crippen LogP contribution in [0.5, 0.6) is 11.5 Å². The Morgan fingerprint density at radius 1 is 1.10 bits per heavy atom. The van der Waals surface area contributed by atoms with E-state index in [-0.39, 0.29) is 23.4 Å². The zero-order chi connectivity index (χ0) is 20.4. The number of hydrogen-bond donors (Lipinski definition) is 0. The van der Waals surface area contributed by atoms with Crippen molar-refractivity contribution in [2.75, 3.05) is 13.2 Å². The van der Waals surface area contributed by atoms with Crippen LogP contribution in [-0.4, -0.2) is 33.9 Å². The van der Waals surface area contributed by atoms with Gasteiger partial charge in [0.05, 0.1) is 13.2 Å². The highest BCUT2D eigenvalue weighted by molar-refractivity contribution is 7.99. The van der Waals surface area contributed by atoms with Crippen LogP contribution in [0.2, 0.25) is 0 Å². The Kier molecular flexibility index (Phi) is 5.53. The predicted molar refractivity (Wildman–Crippen MR) is 108 cm³/mol. The molecule has 0 fully saturated rings. The molecule has 6 nitrogen and oxygen atoms in total. The summed E-state index contributed by atoms with van der Waals surface area (Å²) in [5.74, 6) is 1.28. The zero-order valence-corrected chi connectivity index (χ0v) is 16.9. The Morgan fingerprint density at radius 2 is 1.83 bits per heavy atom. The molecular weight excluding hydrogens is 393 g/mol. The van der Waals surface area contributed by atoms with Gasteiger partial charge in [-0.3, -0.25) is 4.79 Å². The van der Waals surface area contributed by atoms with Gasteiger partial charge >= 0.3 is 0 Å². The summed E-state index contributed by atoms with van der Waals surface area (Å²) in [7, 11) is 0. The van der Waals surface area contributed by atoms with E-state index in [4.69, 9.17) is 9.47 Å². The zero-order valence-electron chi connectivity index (χ0n) is 16.1. The van der Waals surface area contributed by atoms with Crippen LogP contribution < -0.4 is 9.47 Å². The summed E-state index contributed by atoms with van der Waals surface area (Å²) in [6.45, 7) is 4.85. The van der Waals surface area contributed by atoms with Crippen molar-refractivity contribution < 1.29 is 18.7 Å². The van der Waals surface area contributed by atoms with Crippen molar-refractivity contribution >= 4 is 17.7 Å². The number of rotatable bonds is 6. The van der Waals surface area contributed by atoms with Gasteiger partial charge in [-0.1, -0.05) is 23.9 Å². The first-order valence-electron chi connectivity index (χ1n) is 9.41. The first kappa shape index (κ1) is 19.4. The minimum atomic E-state index is -0.299. The first-order chi connectivity index (χ1) is 14.1. The lowest BCUT2D eigenvalue weighted by atomic mass is 10.1. The SMILES string of the molecule is CCOc1ccc(-c2nc3n(n2)C(=O)CC(c2ccc(F)cc2)S3)cc1OCC. The van der Waals surface area contributed by atoms with E-state index in [0.29, 0.717) is 35.7 Å². The fourth-order valence-corrected chi connectivity index (χ4v) is 4.28. The number of ether oxygens (including phenoxy) is 2. The van der Waals surface area contributed by atoms with Crippen LogP contribution in [0.4, 0.5) is 4.39 Å². The normalized spacial score (nSPS) is 15.8. The molecule has 0 radical (unpaired) electrons. The number of hydrogen-bond acceptors (Lipinski definition) is 6. The molecule has 0 spiro atoms. The molecule has 0 bridgehead atoms. The minimum Gasteiger partial charge on any atom is -0.490 e. The molecule has 0 N–H and O–H groups in total. The smallest absolute Gasteiger partial charge is 0.250 e. The Labute approximate surface area is 172 Å². The van der Waals surface area contributed by atoms with Crippen LogP contribution in [0.1, 0.15) is 35.9 Å². The maximum absolute atomic E-state index is 13.2. The molecule has 150 valence electrons. The van der Waals surface area contributed by atoms with Crippen molar-refractivity contribution in [2.24, 2.45) is 0 Å². The van der Waals surface area contributed by atoms with Crippen molar-refractivity contribution in [3.63, 3.8) is 0 Å². The first-order valence-corrected chi connectivity index (χ1v) is 10.3. The summed E-state index contributed by atoms with van der Waals surface area (Å²) >= 11 is 1.45. The van der Waals surface area contributed by atoms with Crippen LogP contribution in [0.15, 0.2) is 47.6 Å². The van der Waals surface area contributed by atoms with Crippen molar-refractivity contribution in [3.8, 4) is 22.9 Å². The average Bonchev–Trinajstić information content (AvgIpc) is 3.15. The van der Waals surface area contributed by atoms with Crippen LogP contribution >= 0.6 is 11.8 Å². The van der Waals surface area contributed by atoms with E-state index >= 15 is 0 Å². The molecule has 0 amide bonds. The topological polar surface area (TPSA) is 66.2 Å². The maximum atomic E-state index is 13.2. The summed E-state index contributed by atoms with van der Waals surface area (Å²) in [5, 5.41) is 4.81. The molecule has 4 rings (SSSR count). The molecule has 8 heteroatoms. The largest absolute Gasteiger partial charge is 0.490 e. The highest BCUT2D eigenvalue weighted by Gasteiger charge is 2.30. The predicted octanol–water partition coefficient (Wildman–Crippen LogP) is 4.76. The van der Waals surface area contributed by atoms with Gasteiger partial charge in [-0.2, -0.15) is 4.68 Å². The number of benzene rings is 2. The number of thioether (sulfide) groups is 1. The summed E-state index contributed by atoms with van der Waals surface area (Å²) < 4.78 is 25.8. The monoisotopic (exact) mass is 413 g/mol. The molecular formula is C21H20FN3O3S. The van der Waals surface area contributed by atoms with Crippen molar-refractivity contribution in [1.29, 1.82) is 0 Å². The molecule has 1 aromatic heterocycles. The lowest BCUT2D eigenvalue weighted by molar-refractivity contribution is 0.0868. The molecule has 0 saturated carbocycles. The molecule has 2 aromatic carbocycles. The minimum absolute atomic E-state index is 0.119. The molecule has 0 aliphatic carbocycles. The molecule has 0 saturated heterocycles. The van der Waals surface area contributed by atoms with Gasteiger partial charge in [0.1, 0.15) is 5.82 Å². The van der Waals surface area contributed by atoms with E-state index in [9.17, 15) is 9.18 Å². The molecule has 1 aliphatic rings. The average molecular weight is 413 g/mol. The molecule has 2 heterocycles. The molecule has 1 aliphatic heterocycles. The van der Waals surface area contributed by atoms with Gasteiger partial charge in [0.15, 0.2) is 22.5 Å². The maximum Gasteiger partial charge on any atom is 0.250 e. The Hall–Kier alpha value is -2.87. The van der Waals surface area contributed by atoms with E-state index in [2.05, 4.69) is 10.1 Å². The van der Waals surface area contributed by atoms with Gasteiger partial charge in [0.25, 0.3) is 5.91 Å². The van der Waals surface area contributed by atoms with Crippen molar-refractivity contribution in [3.05, 3.63) is 53.8 Å². The van der Waals surface area contributed by atoms with Crippen LogP contribution in [0.25, 0.3) is 11.4 Å². The Morgan fingerprint density at radius 3 is 2.55 bits per heavy atom. The van der Waals surface area contributed by atoms with E-state index in [1.54, 1.807) is 12.1 Å². The highest BCUT2D eigenvalue weighted by atomic mass is 32.2. The standard InChI is InChI=1S/C21H20FN3O3S/c1-3-27-16-10-7-14(11-17(16)28-4-2)20-23-21-25(24-20)19(26)12-18(29-21)13-5-8-15(22)9-6-13/h5-11,18H,3-4,12H2,1-2H3. The second-order valence-corrected chi connectivity index (χ2v) is 7.58. The number of fused-ring (bicyclic) bond motifs is 1. The van der Waals surface area contributed by atoms with Gasteiger partial charge < -0.3 is 9.47 Å². The number of carbonyl (C=O) groups is 1. The fourth-order valence-electron chi connectivity index (χ4n) is 3.13. The highest BCUT2D eigenvalue weighted by Crippen LogP contribution is 2.42. The summed E-state index contributed by atoms with van der Waals surface area (Å²) in [6.07, 6.45) is 0.277. The second-order valence-electron chi connectivity index (χ2n) is 6.41. The third-order valence-electron chi connectivity index (χ3n) is 4.46. The van der Waals surface area contributed by atoms with Gasteiger partial charge in [0.2, 0.25) is 0 Å². The molecule has 3 aromatic rings. The van der Waals surface area contributed by atoms with Gasteiger partial charge in [-0.15, -0.1) is 5.10 Å². The molecule has 1 atom stereocenters. The van der Waals surface area contributed by atoms with Crippen LogP contribution in [0, 0.1) is 5.82 Å². The van der Waals surface area contributed by atoms with E-state index < -0.39 is 0 Å². The summed E-state index contributed by atoms with van der Waals surface area (Å²) in [5.41, 5.74) is 1.63. The van der Waals surface area contributed by atoms with Crippen molar-refractivity contribution in [2.45, 2.75) is 30.7 Å². The van der Waals surface area contributed by atoms with E-state index in [0.717, 1.165) is 11.1 Å². The second kappa shape index (κ2) is 8.24. The lowest BCUT2D eigenvalue weighted by Crippen LogP contribution is -2.20. The third kappa shape index (κ3) is 3.98. The molecule has 29 heavy (non-hydrogen) atoms. The number of nitrogens with zero attached hydrogens (tertiary/aromatic N) is 3. The number of halogens is 1. The van der Waals surface area contributed by atoms with Gasteiger partial charge in [-0.05, 0) is 49.7 Å². The summed E-state index contributed by atoms with van der Waals surface area (Å²) in [6, 6.07) is 11.7. The van der Waals surface area contributed by atoms with Crippen LogP contribution in [0.3, 0.4) is 0 Å². The van der Waals surface area contributed by atoms with Crippen LogP contribution in [-0.2, 0) is 0 Å². The third-order valence-corrected chi connectivity index (χ3v) is 5.66. The quantitative estimate of drug-likeness (QED) is 0.581. The van der Waals surface area contributed by atoms with Gasteiger partial charge in [0, 0.05) is 17.2 Å². The summed E-state index contributed by atoms with van der Waals surface area (Å²) in [4.78, 5) is 17.2. The lowest BCUT2D eigenvalue weighted by Gasteiger charge is -2.20. The number of carbonyl (C=O) groups excluding carboxylic acids is 1. The molecule has 1 unspecified atom stereocenters. The van der Waals surface area contributed by atoms with E-state index in [1.807, 2.05) is 32.0 Å². The Balaban J connectivity index is 1.64. The van der Waals surface area contributed by atoms with E-state index in [1.165, 1.54) is 28.6 Å². The van der Waals surface area contributed by atoms with Gasteiger partial charge in [-0.25, -0.2) is 9.37 Å². The Bertz CT molecular complexity index is 1040. The number of aromatic nitrogens is 3. The van der Waals surface area contributed by atoms with Crippen molar-refractivity contribution in [1.82, 2.24) is 14.8 Å².